The molecular weight excluding hydrogens is 252 g/mol. The lowest BCUT2D eigenvalue weighted by molar-refractivity contribution is -0.133. The molecule has 5 nitrogen and oxygen atoms in total. The zero-order valence-electron chi connectivity index (χ0n) is 11.8. The molecule has 1 aromatic rings. The Morgan fingerprint density at radius 3 is 2.90 bits per heavy atom. The Balaban J connectivity index is 1.63. The van der Waals surface area contributed by atoms with E-state index < -0.39 is 0 Å². The van der Waals surface area contributed by atoms with Crippen LogP contribution in [0.5, 0.6) is 0 Å². The van der Waals surface area contributed by atoms with Gasteiger partial charge in [-0.2, -0.15) is 0 Å². The zero-order chi connectivity index (χ0) is 13.9. The lowest BCUT2D eigenvalue weighted by Crippen LogP contribution is -2.49. The van der Waals surface area contributed by atoms with Crippen LogP contribution >= 0.6 is 0 Å². The molecule has 0 aliphatic carbocycles. The third-order valence-corrected chi connectivity index (χ3v) is 4.29. The number of rotatable bonds is 3. The number of nitrogens with zero attached hydrogens (tertiary/aromatic N) is 1. The molecule has 3 N–H and O–H groups in total. The molecule has 3 unspecified atom stereocenters. The number of carbonyl (C=O) groups is 1. The first-order valence-corrected chi connectivity index (χ1v) is 7.26. The Labute approximate surface area is 119 Å². The minimum Gasteiger partial charge on any atom is -0.340 e. The van der Waals surface area contributed by atoms with E-state index in [1.165, 1.54) is 0 Å². The minimum atomic E-state index is -0.124. The molecule has 0 spiro atoms. The van der Waals surface area contributed by atoms with Crippen molar-refractivity contribution in [1.29, 1.82) is 0 Å². The molecule has 2 fully saturated rings. The van der Waals surface area contributed by atoms with Crippen molar-refractivity contribution < 1.29 is 4.79 Å². The molecule has 2 aliphatic rings. The number of nitrogens with one attached hydrogen (secondary N) is 3. The summed E-state index contributed by atoms with van der Waals surface area (Å²) in [5.41, 5.74) is 7.61. The minimum absolute atomic E-state index is 0.124. The second kappa shape index (κ2) is 5.91. The smallest absolute Gasteiger partial charge is 0.241 e. The van der Waals surface area contributed by atoms with Crippen molar-refractivity contribution >= 4 is 5.91 Å². The Morgan fingerprint density at radius 2 is 2.10 bits per heavy atom. The lowest BCUT2D eigenvalue weighted by atomic mass is 9.89. The highest BCUT2D eigenvalue weighted by Gasteiger charge is 2.41. The molecule has 2 heterocycles. The van der Waals surface area contributed by atoms with Crippen molar-refractivity contribution in [1.82, 2.24) is 21.1 Å². The molecule has 2 saturated heterocycles. The van der Waals surface area contributed by atoms with Crippen LogP contribution in [0.1, 0.15) is 12.0 Å². The predicted octanol–water partition coefficient (Wildman–Crippen LogP) is 0.0995. The molecule has 3 rings (SSSR count). The summed E-state index contributed by atoms with van der Waals surface area (Å²) in [6.45, 7) is 2.58. The van der Waals surface area contributed by atoms with E-state index in [0.29, 0.717) is 18.5 Å². The molecule has 5 heteroatoms. The summed E-state index contributed by atoms with van der Waals surface area (Å²) in [4.78, 5) is 14.4. The summed E-state index contributed by atoms with van der Waals surface area (Å²) in [5.74, 6) is 0.507. The first-order chi connectivity index (χ1) is 9.75. The fraction of sp³-hybridized carbons (Fsp3) is 0.533. The third-order valence-electron chi connectivity index (χ3n) is 4.29. The molecule has 2 aliphatic heterocycles. The fourth-order valence-electron chi connectivity index (χ4n) is 3.13. The van der Waals surface area contributed by atoms with Gasteiger partial charge in [-0.25, -0.2) is 5.43 Å². The van der Waals surface area contributed by atoms with Gasteiger partial charge in [0.2, 0.25) is 5.91 Å². The molecule has 0 aromatic heterocycles. The highest BCUT2D eigenvalue weighted by atomic mass is 16.2. The van der Waals surface area contributed by atoms with Gasteiger partial charge in [-0.1, -0.05) is 30.3 Å². The van der Waals surface area contributed by atoms with Crippen molar-refractivity contribution in [2.24, 2.45) is 5.92 Å². The number of fused-ring (bicyclic) bond motifs is 1. The van der Waals surface area contributed by atoms with Crippen LogP contribution in [0.15, 0.2) is 30.3 Å². The van der Waals surface area contributed by atoms with Crippen molar-refractivity contribution in [3.05, 3.63) is 35.9 Å². The molecule has 1 amide bonds. The normalized spacial score (nSPS) is 28.9. The summed E-state index contributed by atoms with van der Waals surface area (Å²) in [5, 5.41) is 3.38. The van der Waals surface area contributed by atoms with Crippen LogP contribution in [0.4, 0.5) is 0 Å². The third kappa shape index (κ3) is 2.70. The quantitative estimate of drug-likeness (QED) is 0.732. The second-order valence-electron chi connectivity index (χ2n) is 5.71. The number of hydrogen-bond donors (Lipinski definition) is 3. The maximum Gasteiger partial charge on any atom is 0.241 e. The van der Waals surface area contributed by atoms with Gasteiger partial charge in [-0.05, 0) is 18.5 Å². The van der Waals surface area contributed by atoms with E-state index in [-0.39, 0.29) is 11.9 Å². The van der Waals surface area contributed by atoms with Crippen LogP contribution in [0.2, 0.25) is 0 Å². The molecule has 0 saturated carbocycles. The number of piperidine rings is 1. The molecule has 3 atom stereocenters. The van der Waals surface area contributed by atoms with Gasteiger partial charge in [0, 0.05) is 32.1 Å². The van der Waals surface area contributed by atoms with Crippen LogP contribution in [-0.4, -0.2) is 43.0 Å². The van der Waals surface area contributed by atoms with Crippen LogP contribution in [0, 0.1) is 5.92 Å². The number of hydrogen-bond acceptors (Lipinski definition) is 4. The Kier molecular flexibility index (Phi) is 4.00. The summed E-state index contributed by atoms with van der Waals surface area (Å²) in [7, 11) is 1.88. The van der Waals surface area contributed by atoms with Crippen molar-refractivity contribution in [2.45, 2.75) is 25.0 Å². The van der Waals surface area contributed by atoms with Gasteiger partial charge in [0.05, 0.1) is 0 Å². The first kappa shape index (κ1) is 13.5. The second-order valence-corrected chi connectivity index (χ2v) is 5.71. The standard InChI is InChI=1S/C15H22N4O/c1-19(10-11-5-3-2-4-6-11)15(20)14-12-9-16-8-7-13(12)17-18-14/h2-6,12-14,16-18H,7-10H2,1H3. The fourth-order valence-corrected chi connectivity index (χ4v) is 3.13. The number of amides is 1. The van der Waals surface area contributed by atoms with E-state index in [4.69, 9.17) is 0 Å². The molecule has 20 heavy (non-hydrogen) atoms. The highest BCUT2D eigenvalue weighted by Crippen LogP contribution is 2.21. The average molecular weight is 274 g/mol. The van der Waals surface area contributed by atoms with Gasteiger partial charge >= 0.3 is 0 Å². The van der Waals surface area contributed by atoms with Crippen molar-refractivity contribution in [2.75, 3.05) is 20.1 Å². The first-order valence-electron chi connectivity index (χ1n) is 7.26. The highest BCUT2D eigenvalue weighted by molar-refractivity contribution is 5.82. The lowest BCUT2D eigenvalue weighted by Gasteiger charge is -2.29. The number of carbonyl (C=O) groups excluding carboxylic acids is 1. The van der Waals surface area contributed by atoms with E-state index in [0.717, 1.165) is 25.1 Å². The van der Waals surface area contributed by atoms with E-state index >= 15 is 0 Å². The summed E-state index contributed by atoms with van der Waals surface area (Å²) in [6.07, 6.45) is 1.07. The van der Waals surface area contributed by atoms with E-state index in [9.17, 15) is 4.79 Å². The van der Waals surface area contributed by atoms with Gasteiger partial charge in [0.15, 0.2) is 0 Å². The van der Waals surface area contributed by atoms with E-state index in [2.05, 4.69) is 28.3 Å². The summed E-state index contributed by atoms with van der Waals surface area (Å²) >= 11 is 0. The number of benzene rings is 1. The largest absolute Gasteiger partial charge is 0.340 e. The maximum atomic E-state index is 12.6. The zero-order valence-corrected chi connectivity index (χ0v) is 11.8. The van der Waals surface area contributed by atoms with Gasteiger partial charge in [-0.15, -0.1) is 0 Å². The number of hydrazine groups is 1. The van der Waals surface area contributed by atoms with E-state index in [1.807, 2.05) is 30.1 Å². The summed E-state index contributed by atoms with van der Waals surface area (Å²) < 4.78 is 0. The average Bonchev–Trinajstić information content (AvgIpc) is 2.91. The van der Waals surface area contributed by atoms with Gasteiger partial charge in [-0.3, -0.25) is 10.2 Å². The van der Waals surface area contributed by atoms with E-state index in [1.54, 1.807) is 0 Å². The Morgan fingerprint density at radius 1 is 1.30 bits per heavy atom. The Hall–Kier alpha value is -1.43. The monoisotopic (exact) mass is 274 g/mol. The van der Waals surface area contributed by atoms with Crippen LogP contribution in [0.3, 0.4) is 0 Å². The van der Waals surface area contributed by atoms with Crippen LogP contribution < -0.4 is 16.2 Å². The molecule has 108 valence electrons. The van der Waals surface area contributed by atoms with Gasteiger partial charge in [0.1, 0.15) is 6.04 Å². The van der Waals surface area contributed by atoms with Crippen LogP contribution in [-0.2, 0) is 11.3 Å². The molecular formula is C15H22N4O. The molecule has 0 bridgehead atoms. The van der Waals surface area contributed by atoms with Gasteiger partial charge in [0.25, 0.3) is 0 Å². The Bertz CT molecular complexity index is 464. The van der Waals surface area contributed by atoms with Gasteiger partial charge < -0.3 is 10.2 Å². The maximum absolute atomic E-state index is 12.6. The summed E-state index contributed by atoms with van der Waals surface area (Å²) in [6, 6.07) is 10.4. The van der Waals surface area contributed by atoms with Crippen LogP contribution in [0.25, 0.3) is 0 Å². The molecule has 1 aromatic carbocycles. The van der Waals surface area contributed by atoms with Crippen molar-refractivity contribution in [3.63, 3.8) is 0 Å². The topological polar surface area (TPSA) is 56.4 Å². The molecule has 0 radical (unpaired) electrons. The van der Waals surface area contributed by atoms with Crippen molar-refractivity contribution in [3.8, 4) is 0 Å². The SMILES string of the molecule is CN(Cc1ccccc1)C(=O)C1NNC2CCNCC21. The predicted molar refractivity (Wildman–Crippen MR) is 77.7 cm³/mol. The number of likely N-dealkylation sites (N-methyl/N-ethyl adjacent to an activating group) is 1.